The van der Waals surface area contributed by atoms with Crippen LogP contribution in [0.4, 0.5) is 0 Å². The molecule has 1 heterocycles. The first-order valence-electron chi connectivity index (χ1n) is 4.86. The second-order valence-corrected chi connectivity index (χ2v) is 6.15. The maximum atomic E-state index is 11.3. The van der Waals surface area contributed by atoms with Gasteiger partial charge in [-0.05, 0) is 30.4 Å². The third-order valence-corrected chi connectivity index (χ3v) is 5.23. The lowest BCUT2D eigenvalue weighted by atomic mass is 9.90. The fourth-order valence-electron chi connectivity index (χ4n) is 2.67. The van der Waals surface area contributed by atoms with E-state index >= 15 is 0 Å². The van der Waals surface area contributed by atoms with E-state index in [-0.39, 0.29) is 5.41 Å². The highest BCUT2D eigenvalue weighted by atomic mass is 32.2. The zero-order valence-corrected chi connectivity index (χ0v) is 8.99. The van der Waals surface area contributed by atoms with E-state index in [1.807, 2.05) is 11.8 Å². The van der Waals surface area contributed by atoms with E-state index in [1.165, 1.54) is 6.42 Å². The summed E-state index contributed by atoms with van der Waals surface area (Å²) in [5, 5.41) is 9.66. The van der Waals surface area contributed by atoms with Crippen molar-refractivity contribution in [1.82, 2.24) is 0 Å². The summed E-state index contributed by atoms with van der Waals surface area (Å²) < 4.78 is 0. The van der Waals surface area contributed by atoms with Gasteiger partial charge in [0.2, 0.25) is 0 Å². The minimum Gasteiger partial charge on any atom is -0.481 e. The molecule has 1 aliphatic heterocycles. The molecule has 2 unspecified atom stereocenters. The zero-order chi connectivity index (χ0) is 9.69. The van der Waals surface area contributed by atoms with Gasteiger partial charge in [-0.1, -0.05) is 13.8 Å². The van der Waals surface area contributed by atoms with Gasteiger partial charge < -0.3 is 5.11 Å². The number of aliphatic carboxylic acids is 1. The maximum Gasteiger partial charge on any atom is 0.311 e. The monoisotopic (exact) mass is 200 g/mol. The molecule has 0 aromatic heterocycles. The second kappa shape index (κ2) is 2.66. The van der Waals surface area contributed by atoms with E-state index in [4.69, 9.17) is 0 Å². The molecule has 2 fully saturated rings. The SMILES string of the molecule is CC1(C)CC1(C(=O)O)C1CCCS1. The Kier molecular flexibility index (Phi) is 1.92. The summed E-state index contributed by atoms with van der Waals surface area (Å²) in [4.78, 5) is 11.3. The first kappa shape index (κ1) is 9.38. The number of carbonyl (C=O) groups is 1. The van der Waals surface area contributed by atoms with E-state index in [0.717, 1.165) is 18.6 Å². The van der Waals surface area contributed by atoms with Crippen LogP contribution in [0, 0.1) is 10.8 Å². The predicted octanol–water partition coefficient (Wildman–Crippen LogP) is 2.38. The normalized spacial score (nSPS) is 41.8. The third kappa shape index (κ3) is 1.13. The van der Waals surface area contributed by atoms with E-state index in [9.17, 15) is 9.90 Å². The van der Waals surface area contributed by atoms with Crippen molar-refractivity contribution >= 4 is 17.7 Å². The number of rotatable bonds is 2. The summed E-state index contributed by atoms with van der Waals surface area (Å²) in [5.74, 6) is 0.576. The Hall–Kier alpha value is -0.180. The van der Waals surface area contributed by atoms with Crippen LogP contribution in [0.2, 0.25) is 0 Å². The zero-order valence-electron chi connectivity index (χ0n) is 8.17. The topological polar surface area (TPSA) is 37.3 Å². The molecule has 0 aromatic rings. The highest BCUT2D eigenvalue weighted by molar-refractivity contribution is 8.00. The van der Waals surface area contributed by atoms with Crippen LogP contribution >= 0.6 is 11.8 Å². The highest BCUT2D eigenvalue weighted by Gasteiger charge is 2.70. The maximum absolute atomic E-state index is 11.3. The Morgan fingerprint density at radius 3 is 2.46 bits per heavy atom. The molecule has 13 heavy (non-hydrogen) atoms. The Morgan fingerprint density at radius 2 is 2.15 bits per heavy atom. The number of carboxylic acids is 1. The van der Waals surface area contributed by atoms with Gasteiger partial charge in [0.15, 0.2) is 0 Å². The number of thioether (sulfide) groups is 1. The van der Waals surface area contributed by atoms with Crippen molar-refractivity contribution in [3.8, 4) is 0 Å². The van der Waals surface area contributed by atoms with Crippen molar-refractivity contribution in [1.29, 1.82) is 0 Å². The smallest absolute Gasteiger partial charge is 0.311 e. The molecule has 1 saturated heterocycles. The molecule has 2 nitrogen and oxygen atoms in total. The van der Waals surface area contributed by atoms with Crippen LogP contribution in [-0.2, 0) is 4.79 Å². The Morgan fingerprint density at radius 1 is 1.54 bits per heavy atom. The number of carboxylic acid groups (broad SMARTS) is 1. The summed E-state index contributed by atoms with van der Waals surface area (Å²) in [7, 11) is 0. The van der Waals surface area contributed by atoms with E-state index in [2.05, 4.69) is 13.8 Å². The first-order valence-corrected chi connectivity index (χ1v) is 5.90. The standard InChI is InChI=1S/C10H16O2S/c1-9(2)6-10(9,8(11)12)7-4-3-5-13-7/h7H,3-6H2,1-2H3,(H,11,12). The van der Waals surface area contributed by atoms with Crippen LogP contribution in [-0.4, -0.2) is 22.1 Å². The highest BCUT2D eigenvalue weighted by Crippen LogP contribution is 2.69. The van der Waals surface area contributed by atoms with Crippen LogP contribution < -0.4 is 0 Å². The van der Waals surface area contributed by atoms with Gasteiger partial charge in [0.25, 0.3) is 0 Å². The van der Waals surface area contributed by atoms with E-state index in [1.54, 1.807) is 0 Å². The van der Waals surface area contributed by atoms with Gasteiger partial charge in [0.05, 0.1) is 5.41 Å². The summed E-state index contributed by atoms with van der Waals surface area (Å²) in [5.41, 5.74) is -0.366. The lowest BCUT2D eigenvalue weighted by Crippen LogP contribution is -2.30. The van der Waals surface area contributed by atoms with Crippen LogP contribution in [0.3, 0.4) is 0 Å². The first-order chi connectivity index (χ1) is 6.01. The van der Waals surface area contributed by atoms with Crippen LogP contribution in [0.25, 0.3) is 0 Å². The van der Waals surface area contributed by atoms with Crippen molar-refractivity contribution in [3.05, 3.63) is 0 Å². The fraction of sp³-hybridized carbons (Fsp3) is 0.900. The molecule has 2 rings (SSSR count). The van der Waals surface area contributed by atoms with Gasteiger partial charge in [0.1, 0.15) is 0 Å². The van der Waals surface area contributed by atoms with Gasteiger partial charge in [0, 0.05) is 5.25 Å². The van der Waals surface area contributed by atoms with Gasteiger partial charge in [-0.3, -0.25) is 4.79 Å². The summed E-state index contributed by atoms with van der Waals surface area (Å²) in [6, 6.07) is 0. The van der Waals surface area contributed by atoms with Gasteiger partial charge in [-0.2, -0.15) is 11.8 Å². The van der Waals surface area contributed by atoms with Gasteiger partial charge in [-0.15, -0.1) is 0 Å². The Balaban J connectivity index is 2.21. The summed E-state index contributed by atoms with van der Waals surface area (Å²) in [6.07, 6.45) is 3.16. The molecule has 2 aliphatic rings. The quantitative estimate of drug-likeness (QED) is 0.743. The molecule has 74 valence electrons. The second-order valence-electron chi connectivity index (χ2n) is 4.84. The molecular weight excluding hydrogens is 184 g/mol. The molecule has 0 radical (unpaired) electrons. The fourth-order valence-corrected chi connectivity index (χ4v) is 4.41. The van der Waals surface area contributed by atoms with Crippen molar-refractivity contribution in [2.75, 3.05) is 5.75 Å². The Labute approximate surface area is 83.1 Å². The third-order valence-electron chi connectivity index (χ3n) is 3.66. The average molecular weight is 200 g/mol. The minimum atomic E-state index is -0.572. The molecule has 2 atom stereocenters. The number of hydrogen-bond donors (Lipinski definition) is 1. The molecule has 1 saturated carbocycles. The lowest BCUT2D eigenvalue weighted by molar-refractivity contribution is -0.144. The Bertz CT molecular complexity index is 243. The molecule has 0 amide bonds. The molecular formula is C10H16O2S. The van der Waals surface area contributed by atoms with Crippen LogP contribution in [0.1, 0.15) is 33.1 Å². The van der Waals surface area contributed by atoms with E-state index < -0.39 is 11.4 Å². The van der Waals surface area contributed by atoms with Crippen molar-refractivity contribution < 1.29 is 9.90 Å². The molecule has 1 aliphatic carbocycles. The van der Waals surface area contributed by atoms with Gasteiger partial charge >= 0.3 is 5.97 Å². The van der Waals surface area contributed by atoms with Crippen molar-refractivity contribution in [2.45, 2.75) is 38.4 Å². The van der Waals surface area contributed by atoms with Crippen LogP contribution in [0.5, 0.6) is 0 Å². The number of hydrogen-bond acceptors (Lipinski definition) is 2. The van der Waals surface area contributed by atoms with Crippen molar-refractivity contribution in [3.63, 3.8) is 0 Å². The largest absolute Gasteiger partial charge is 0.481 e. The molecule has 1 N–H and O–H groups in total. The summed E-state index contributed by atoms with van der Waals surface area (Å²) in [6.45, 7) is 4.17. The predicted molar refractivity (Wildman–Crippen MR) is 53.9 cm³/mol. The molecule has 3 heteroatoms. The van der Waals surface area contributed by atoms with Crippen molar-refractivity contribution in [2.24, 2.45) is 10.8 Å². The van der Waals surface area contributed by atoms with Gasteiger partial charge in [-0.25, -0.2) is 0 Å². The molecule has 0 aromatic carbocycles. The van der Waals surface area contributed by atoms with Crippen LogP contribution in [0.15, 0.2) is 0 Å². The molecule has 0 bridgehead atoms. The average Bonchev–Trinajstić information content (AvgIpc) is 2.52. The minimum absolute atomic E-state index is 0.0286. The molecule has 0 spiro atoms. The van der Waals surface area contributed by atoms with E-state index in [0.29, 0.717) is 5.25 Å². The summed E-state index contributed by atoms with van der Waals surface area (Å²) >= 11 is 1.86. The lowest BCUT2D eigenvalue weighted by Gasteiger charge is -2.21.